The number of aliphatic carboxylic acids is 1. The average Bonchev–Trinajstić information content (AvgIpc) is 2.81. The summed E-state index contributed by atoms with van der Waals surface area (Å²) in [5.74, 6) is -1.31. The third kappa shape index (κ3) is 3.22. The molecule has 3 N–H and O–H groups in total. The van der Waals surface area contributed by atoms with E-state index in [1.54, 1.807) is 12.2 Å². The number of carboxylic acid groups (broad SMARTS) is 1. The number of carbonyl (C=O) groups excluding carboxylic acids is 1. The zero-order valence-corrected chi connectivity index (χ0v) is 9.90. The Bertz CT molecular complexity index is 361. The Kier molecular flexibility index (Phi) is 3.09. The molecule has 0 aromatic heterocycles. The van der Waals surface area contributed by atoms with Crippen LogP contribution in [-0.4, -0.2) is 29.7 Å². The van der Waals surface area contributed by atoms with Crippen molar-refractivity contribution in [3.63, 3.8) is 0 Å². The second kappa shape index (κ2) is 4.39. The number of carboxylic acids is 1. The average molecular weight is 238 g/mol. The summed E-state index contributed by atoms with van der Waals surface area (Å²) in [7, 11) is 0. The molecule has 0 aromatic rings. The van der Waals surface area contributed by atoms with Gasteiger partial charge in [0.1, 0.15) is 0 Å². The van der Waals surface area contributed by atoms with Crippen LogP contribution in [0.1, 0.15) is 26.2 Å². The van der Waals surface area contributed by atoms with Crippen LogP contribution in [-0.2, 0) is 4.79 Å². The van der Waals surface area contributed by atoms with Gasteiger partial charge in [-0.2, -0.15) is 0 Å². The Morgan fingerprint density at radius 2 is 2.12 bits per heavy atom. The molecule has 2 rings (SSSR count). The zero-order valence-electron chi connectivity index (χ0n) is 9.90. The monoisotopic (exact) mass is 238 g/mol. The topological polar surface area (TPSA) is 78.4 Å². The Morgan fingerprint density at radius 3 is 2.65 bits per heavy atom. The first-order valence-electron chi connectivity index (χ1n) is 5.94. The normalized spacial score (nSPS) is 28.8. The van der Waals surface area contributed by atoms with Crippen molar-refractivity contribution in [2.75, 3.05) is 6.54 Å². The second-order valence-corrected chi connectivity index (χ2v) is 5.31. The van der Waals surface area contributed by atoms with Gasteiger partial charge in [-0.15, -0.1) is 0 Å². The Hall–Kier alpha value is -1.52. The van der Waals surface area contributed by atoms with Gasteiger partial charge in [0.15, 0.2) is 0 Å². The highest BCUT2D eigenvalue weighted by molar-refractivity contribution is 5.76. The van der Waals surface area contributed by atoms with Gasteiger partial charge < -0.3 is 15.7 Å². The lowest BCUT2D eigenvalue weighted by Crippen LogP contribution is -2.42. The van der Waals surface area contributed by atoms with E-state index < -0.39 is 11.9 Å². The lowest BCUT2D eigenvalue weighted by atomic mass is 10.1. The summed E-state index contributed by atoms with van der Waals surface area (Å²) in [4.78, 5) is 22.3. The molecule has 2 aliphatic carbocycles. The summed E-state index contributed by atoms with van der Waals surface area (Å²) in [6.45, 7) is 2.83. The van der Waals surface area contributed by atoms with E-state index in [4.69, 9.17) is 5.11 Å². The third-order valence-electron chi connectivity index (χ3n) is 3.50. The third-order valence-corrected chi connectivity index (χ3v) is 3.50. The molecule has 2 aliphatic rings. The van der Waals surface area contributed by atoms with Gasteiger partial charge >= 0.3 is 12.0 Å². The number of hydrogen-bond donors (Lipinski definition) is 3. The molecule has 1 saturated carbocycles. The minimum absolute atomic E-state index is 0.164. The van der Waals surface area contributed by atoms with Crippen LogP contribution in [0, 0.1) is 11.3 Å². The fourth-order valence-electron chi connectivity index (χ4n) is 1.89. The van der Waals surface area contributed by atoms with Crippen LogP contribution in [0.4, 0.5) is 4.79 Å². The molecule has 0 aliphatic heterocycles. The maximum Gasteiger partial charge on any atom is 0.315 e. The van der Waals surface area contributed by atoms with Gasteiger partial charge in [0, 0.05) is 6.54 Å². The summed E-state index contributed by atoms with van der Waals surface area (Å²) in [5.41, 5.74) is 0.284. The quantitative estimate of drug-likeness (QED) is 0.642. The van der Waals surface area contributed by atoms with Crippen LogP contribution >= 0.6 is 0 Å². The van der Waals surface area contributed by atoms with Crippen LogP contribution in [0.15, 0.2) is 12.2 Å². The number of hydrogen-bond acceptors (Lipinski definition) is 2. The van der Waals surface area contributed by atoms with Crippen molar-refractivity contribution in [3.05, 3.63) is 12.2 Å². The van der Waals surface area contributed by atoms with Crippen molar-refractivity contribution in [1.29, 1.82) is 0 Å². The molecule has 5 nitrogen and oxygen atoms in total. The van der Waals surface area contributed by atoms with Crippen LogP contribution in [0.5, 0.6) is 0 Å². The van der Waals surface area contributed by atoms with Crippen LogP contribution in [0.2, 0.25) is 0 Å². The molecule has 5 heteroatoms. The van der Waals surface area contributed by atoms with Gasteiger partial charge in [0.2, 0.25) is 0 Å². The highest BCUT2D eigenvalue weighted by Crippen LogP contribution is 2.43. The van der Waals surface area contributed by atoms with E-state index in [1.807, 2.05) is 0 Å². The maximum atomic E-state index is 11.5. The van der Waals surface area contributed by atoms with Crippen molar-refractivity contribution in [2.24, 2.45) is 11.3 Å². The predicted octanol–water partition coefficient (Wildman–Crippen LogP) is 1.11. The fraction of sp³-hybridized carbons (Fsp3) is 0.667. The molecule has 0 aromatic carbocycles. The number of nitrogens with one attached hydrogen (secondary N) is 2. The molecule has 1 fully saturated rings. The lowest BCUT2D eigenvalue weighted by Gasteiger charge is -2.15. The summed E-state index contributed by atoms with van der Waals surface area (Å²) in [5, 5.41) is 14.4. The van der Waals surface area contributed by atoms with E-state index in [0.29, 0.717) is 13.0 Å². The highest BCUT2D eigenvalue weighted by Gasteiger charge is 2.37. The first kappa shape index (κ1) is 12.0. The number of carbonyl (C=O) groups is 2. The SMILES string of the molecule is CC1(CNC(=O)NC2C=CC(C(=O)O)C2)CC1. The van der Waals surface area contributed by atoms with Crippen LogP contribution in [0.3, 0.4) is 0 Å². The van der Waals surface area contributed by atoms with E-state index in [9.17, 15) is 9.59 Å². The first-order valence-corrected chi connectivity index (χ1v) is 5.94. The second-order valence-electron chi connectivity index (χ2n) is 5.31. The van der Waals surface area contributed by atoms with Gasteiger partial charge in [-0.1, -0.05) is 19.1 Å². The van der Waals surface area contributed by atoms with Gasteiger partial charge in [0.25, 0.3) is 0 Å². The Morgan fingerprint density at radius 1 is 1.41 bits per heavy atom. The smallest absolute Gasteiger partial charge is 0.315 e. The van der Waals surface area contributed by atoms with E-state index in [2.05, 4.69) is 17.6 Å². The van der Waals surface area contributed by atoms with Gasteiger partial charge in [-0.25, -0.2) is 4.79 Å². The van der Waals surface area contributed by atoms with Crippen LogP contribution in [0.25, 0.3) is 0 Å². The molecular formula is C12H18N2O3. The van der Waals surface area contributed by atoms with E-state index in [1.165, 1.54) is 0 Å². The predicted molar refractivity (Wildman–Crippen MR) is 62.5 cm³/mol. The summed E-state index contributed by atoms with van der Waals surface area (Å²) in [6.07, 6.45) is 6.15. The standard InChI is InChI=1S/C12H18N2O3/c1-12(4-5-12)7-13-11(17)14-9-3-2-8(6-9)10(15)16/h2-3,8-9H,4-7H2,1H3,(H,15,16)(H2,13,14,17). The number of amides is 2. The summed E-state index contributed by atoms with van der Waals surface area (Å²) >= 11 is 0. The Balaban J connectivity index is 1.69. The molecule has 2 atom stereocenters. The van der Waals surface area contributed by atoms with Crippen molar-refractivity contribution in [1.82, 2.24) is 10.6 Å². The zero-order chi connectivity index (χ0) is 12.5. The molecule has 0 saturated heterocycles. The van der Waals surface area contributed by atoms with Gasteiger partial charge in [0.05, 0.1) is 12.0 Å². The lowest BCUT2D eigenvalue weighted by molar-refractivity contribution is -0.140. The van der Waals surface area contributed by atoms with E-state index in [-0.39, 0.29) is 17.5 Å². The molecule has 94 valence electrons. The number of urea groups is 1. The van der Waals surface area contributed by atoms with Gasteiger partial charge in [-0.05, 0) is 24.7 Å². The molecular weight excluding hydrogens is 220 g/mol. The maximum absolute atomic E-state index is 11.5. The molecule has 17 heavy (non-hydrogen) atoms. The van der Waals surface area contributed by atoms with Crippen molar-refractivity contribution >= 4 is 12.0 Å². The van der Waals surface area contributed by atoms with E-state index in [0.717, 1.165) is 12.8 Å². The molecule has 2 unspecified atom stereocenters. The Labute approximate surface area is 100 Å². The molecule has 0 bridgehead atoms. The fourth-order valence-corrected chi connectivity index (χ4v) is 1.89. The summed E-state index contributed by atoms with van der Waals surface area (Å²) in [6, 6.07) is -0.373. The minimum atomic E-state index is -0.837. The first-order chi connectivity index (χ1) is 7.98. The molecule has 0 spiro atoms. The van der Waals surface area contributed by atoms with Crippen molar-refractivity contribution < 1.29 is 14.7 Å². The highest BCUT2D eigenvalue weighted by atomic mass is 16.4. The minimum Gasteiger partial charge on any atom is -0.481 e. The van der Waals surface area contributed by atoms with Gasteiger partial charge in [-0.3, -0.25) is 4.79 Å². The number of rotatable bonds is 4. The molecule has 0 heterocycles. The van der Waals surface area contributed by atoms with Crippen LogP contribution < -0.4 is 10.6 Å². The largest absolute Gasteiger partial charge is 0.481 e. The molecule has 0 radical (unpaired) electrons. The van der Waals surface area contributed by atoms with E-state index >= 15 is 0 Å². The van der Waals surface area contributed by atoms with Crippen molar-refractivity contribution in [2.45, 2.75) is 32.2 Å². The van der Waals surface area contributed by atoms with Crippen molar-refractivity contribution in [3.8, 4) is 0 Å². The summed E-state index contributed by atoms with van der Waals surface area (Å²) < 4.78 is 0. The molecule has 2 amide bonds.